The summed E-state index contributed by atoms with van der Waals surface area (Å²) in [7, 11) is 0. The van der Waals surface area contributed by atoms with E-state index in [0.29, 0.717) is 17.5 Å². The minimum absolute atomic E-state index is 0.608. The molecule has 12 aromatic rings. The molecule has 0 amide bonds. The first-order valence-electron chi connectivity index (χ1n) is 20.7. The Hall–Kier alpha value is -8.06. The van der Waals surface area contributed by atoms with Gasteiger partial charge in [-0.2, -0.15) is 5.10 Å². The molecule has 5 nitrogen and oxygen atoms in total. The highest BCUT2D eigenvalue weighted by Crippen LogP contribution is 2.43. The van der Waals surface area contributed by atoms with Gasteiger partial charge in [0.2, 0.25) is 0 Å². The molecular weight excluding hydrogens is 775 g/mol. The number of pyridine rings is 1. The maximum Gasteiger partial charge on any atom is 0.164 e. The lowest BCUT2D eigenvalue weighted by Crippen LogP contribution is -2.00. The van der Waals surface area contributed by atoms with Crippen molar-refractivity contribution in [2.75, 3.05) is 0 Å². The predicted octanol–water partition coefficient (Wildman–Crippen LogP) is 14.7. The van der Waals surface area contributed by atoms with Crippen LogP contribution in [0.4, 0.5) is 0 Å². The van der Waals surface area contributed by atoms with Gasteiger partial charge in [-0.3, -0.25) is 0 Å². The Labute approximate surface area is 361 Å². The van der Waals surface area contributed by atoms with Crippen molar-refractivity contribution in [3.05, 3.63) is 212 Å². The van der Waals surface area contributed by atoms with Gasteiger partial charge in [-0.25, -0.2) is 19.5 Å². The smallest absolute Gasteiger partial charge is 0.164 e. The average Bonchev–Trinajstić information content (AvgIpc) is 3.95. The summed E-state index contributed by atoms with van der Waals surface area (Å²) in [5.41, 5.74) is 12.4. The first-order chi connectivity index (χ1) is 30.7. The molecule has 0 radical (unpaired) electrons. The van der Waals surface area contributed by atoms with Crippen molar-refractivity contribution in [3.63, 3.8) is 0 Å². The maximum absolute atomic E-state index is 5.40. The zero-order valence-electron chi connectivity index (χ0n) is 33.4. The zero-order chi connectivity index (χ0) is 41.0. The van der Waals surface area contributed by atoms with Crippen LogP contribution in [0.2, 0.25) is 0 Å². The van der Waals surface area contributed by atoms with Gasteiger partial charge in [0.05, 0.1) is 11.2 Å². The third kappa shape index (κ3) is 6.16. The van der Waals surface area contributed by atoms with Gasteiger partial charge in [0.15, 0.2) is 17.5 Å². The summed E-state index contributed by atoms with van der Waals surface area (Å²) in [6.45, 7) is 0. The molecule has 0 aliphatic heterocycles. The van der Waals surface area contributed by atoms with Crippen LogP contribution in [-0.4, -0.2) is 24.6 Å². The van der Waals surface area contributed by atoms with E-state index in [1.54, 1.807) is 0 Å². The second-order valence-electron chi connectivity index (χ2n) is 15.4. The van der Waals surface area contributed by atoms with E-state index in [4.69, 9.17) is 20.1 Å². The van der Waals surface area contributed by atoms with E-state index in [2.05, 4.69) is 193 Å². The molecule has 12 rings (SSSR count). The summed E-state index contributed by atoms with van der Waals surface area (Å²) < 4.78 is 4.69. The van der Waals surface area contributed by atoms with Gasteiger partial charge in [0, 0.05) is 58.9 Å². The molecule has 0 spiro atoms. The fourth-order valence-electron chi connectivity index (χ4n) is 8.75. The molecule has 0 saturated carbocycles. The summed E-state index contributed by atoms with van der Waals surface area (Å²) in [4.78, 5) is 15.4. The lowest BCUT2D eigenvalue weighted by molar-refractivity contribution is 0.979. The van der Waals surface area contributed by atoms with E-state index < -0.39 is 0 Å². The standard InChI is InChI=1S/C56H35N5S/c1-4-16-36(17-5-1)47-35-42-22-10-11-25-45(42)53-50(52(60-61(47)53)38-18-6-2-7-19-38)37-30-32-40(33-31-37)55-57-54(39-20-8-3-9-21-39)58-56(59-55)43-24-14-23-41(34-43)44-27-15-29-49-51(44)46-26-12-13-28-48(46)62-49/h1-35H. The van der Waals surface area contributed by atoms with Crippen LogP contribution >= 0.6 is 11.3 Å². The van der Waals surface area contributed by atoms with Gasteiger partial charge in [0.1, 0.15) is 5.69 Å². The third-order valence-corrected chi connectivity index (χ3v) is 12.8. The molecule has 0 bridgehead atoms. The van der Waals surface area contributed by atoms with Gasteiger partial charge < -0.3 is 0 Å². The molecule has 4 aromatic heterocycles. The highest BCUT2D eigenvalue weighted by Gasteiger charge is 2.22. The molecular formula is C56H35N5S. The number of hydrogen-bond donors (Lipinski definition) is 0. The van der Waals surface area contributed by atoms with Crippen LogP contribution < -0.4 is 0 Å². The number of fused-ring (bicyclic) bond motifs is 6. The first-order valence-corrected chi connectivity index (χ1v) is 21.5. The maximum atomic E-state index is 5.40. The predicted molar refractivity (Wildman–Crippen MR) is 257 cm³/mol. The van der Waals surface area contributed by atoms with E-state index in [1.807, 2.05) is 35.6 Å². The molecule has 62 heavy (non-hydrogen) atoms. The van der Waals surface area contributed by atoms with Crippen LogP contribution in [0.25, 0.3) is 115 Å². The number of nitrogens with zero attached hydrogens (tertiary/aromatic N) is 5. The molecule has 4 heterocycles. The van der Waals surface area contributed by atoms with Gasteiger partial charge >= 0.3 is 0 Å². The minimum Gasteiger partial charge on any atom is -0.231 e. The Morgan fingerprint density at radius 1 is 0.371 bits per heavy atom. The first kappa shape index (κ1) is 35.8. The topological polar surface area (TPSA) is 56.0 Å². The van der Waals surface area contributed by atoms with Crippen LogP contribution in [-0.2, 0) is 0 Å². The molecule has 0 atom stereocenters. The zero-order valence-corrected chi connectivity index (χ0v) is 34.2. The van der Waals surface area contributed by atoms with Gasteiger partial charge in [-0.05, 0) is 46.3 Å². The minimum atomic E-state index is 0.608. The van der Waals surface area contributed by atoms with E-state index in [1.165, 1.54) is 25.7 Å². The molecule has 0 aliphatic carbocycles. The van der Waals surface area contributed by atoms with Gasteiger partial charge in [-0.15, -0.1) is 11.3 Å². The summed E-state index contributed by atoms with van der Waals surface area (Å²) in [6.07, 6.45) is 0. The summed E-state index contributed by atoms with van der Waals surface area (Å²) in [5, 5.41) is 10.2. The number of benzene rings is 8. The Balaban J connectivity index is 1.01. The highest BCUT2D eigenvalue weighted by atomic mass is 32.1. The SMILES string of the molecule is c1ccc(-c2nc(-c3ccc(-c4c(-c5ccccc5)nn5c(-c6ccccc6)cc6ccccc6c45)cc3)nc(-c3cccc(-c4cccc5sc6ccccc6c45)c3)n2)cc1. The number of aromatic nitrogens is 5. The molecule has 0 saturated heterocycles. The largest absolute Gasteiger partial charge is 0.231 e. The number of thiophene rings is 1. The molecule has 6 heteroatoms. The van der Waals surface area contributed by atoms with Crippen molar-refractivity contribution in [2.45, 2.75) is 0 Å². The second-order valence-corrected chi connectivity index (χ2v) is 16.5. The van der Waals surface area contributed by atoms with Crippen LogP contribution in [0.15, 0.2) is 212 Å². The normalized spacial score (nSPS) is 11.5. The number of rotatable bonds is 7. The second kappa shape index (κ2) is 14.9. The quantitative estimate of drug-likeness (QED) is 0.161. The monoisotopic (exact) mass is 809 g/mol. The average molecular weight is 810 g/mol. The third-order valence-electron chi connectivity index (χ3n) is 11.7. The highest BCUT2D eigenvalue weighted by molar-refractivity contribution is 7.25. The van der Waals surface area contributed by atoms with Crippen molar-refractivity contribution in [1.82, 2.24) is 24.6 Å². The summed E-state index contributed by atoms with van der Waals surface area (Å²) in [6, 6.07) is 74.4. The molecule has 0 unspecified atom stereocenters. The molecule has 0 N–H and O–H groups in total. The lowest BCUT2D eigenvalue weighted by atomic mass is 9.96. The Morgan fingerprint density at radius 3 is 1.65 bits per heavy atom. The van der Waals surface area contributed by atoms with Crippen LogP contribution in [0, 0.1) is 0 Å². The van der Waals surface area contributed by atoms with Crippen LogP contribution in [0.5, 0.6) is 0 Å². The van der Waals surface area contributed by atoms with Crippen molar-refractivity contribution in [2.24, 2.45) is 0 Å². The van der Waals surface area contributed by atoms with Crippen molar-refractivity contribution >= 4 is 47.8 Å². The van der Waals surface area contributed by atoms with Gasteiger partial charge in [0.25, 0.3) is 0 Å². The lowest BCUT2D eigenvalue weighted by Gasteiger charge is -2.12. The van der Waals surface area contributed by atoms with Crippen LogP contribution in [0.3, 0.4) is 0 Å². The Bertz CT molecular complexity index is 3610. The van der Waals surface area contributed by atoms with Crippen LogP contribution in [0.1, 0.15) is 0 Å². The molecule has 0 fully saturated rings. The Morgan fingerprint density at radius 2 is 0.903 bits per heavy atom. The fraction of sp³-hybridized carbons (Fsp3) is 0. The van der Waals surface area contributed by atoms with E-state index in [-0.39, 0.29) is 0 Å². The van der Waals surface area contributed by atoms with E-state index in [0.717, 1.165) is 72.2 Å². The van der Waals surface area contributed by atoms with Crippen molar-refractivity contribution in [1.29, 1.82) is 0 Å². The fourth-order valence-corrected chi connectivity index (χ4v) is 9.88. The number of hydrogen-bond acceptors (Lipinski definition) is 5. The van der Waals surface area contributed by atoms with E-state index >= 15 is 0 Å². The van der Waals surface area contributed by atoms with E-state index in [9.17, 15) is 0 Å². The summed E-state index contributed by atoms with van der Waals surface area (Å²) in [5.74, 6) is 1.85. The summed E-state index contributed by atoms with van der Waals surface area (Å²) >= 11 is 1.83. The molecule has 290 valence electrons. The van der Waals surface area contributed by atoms with Crippen molar-refractivity contribution in [3.8, 4) is 78.9 Å². The van der Waals surface area contributed by atoms with Gasteiger partial charge in [-0.1, -0.05) is 188 Å². The Kier molecular flexibility index (Phi) is 8.61. The van der Waals surface area contributed by atoms with Crippen molar-refractivity contribution < 1.29 is 0 Å². The molecule has 0 aliphatic rings. The molecule has 8 aromatic carbocycles.